The first-order valence-electron chi connectivity index (χ1n) is 13.8. The van der Waals surface area contributed by atoms with Crippen molar-refractivity contribution in [3.05, 3.63) is 36.7 Å². The summed E-state index contributed by atoms with van der Waals surface area (Å²) in [6.07, 6.45) is -1.36. The van der Waals surface area contributed by atoms with Crippen LogP contribution in [-0.4, -0.2) is 69.0 Å². The molecule has 4 rings (SSSR count). The smallest absolute Gasteiger partial charge is 0.459 e. The van der Waals surface area contributed by atoms with Crippen molar-refractivity contribution in [1.29, 1.82) is 0 Å². The van der Waals surface area contributed by atoms with Crippen molar-refractivity contribution in [1.82, 2.24) is 24.6 Å². The van der Waals surface area contributed by atoms with Gasteiger partial charge in [-0.3, -0.25) is 18.7 Å². The number of hydrogen-bond donors (Lipinski definition) is 2. The Balaban J connectivity index is 1.60. The van der Waals surface area contributed by atoms with E-state index in [0.717, 1.165) is 0 Å². The number of nitrogens with one attached hydrogen (secondary N) is 1. The second-order valence-corrected chi connectivity index (χ2v) is 11.9. The summed E-state index contributed by atoms with van der Waals surface area (Å²) in [5, 5.41) is 2.65. The number of nitrogen functional groups attached to an aromatic ring is 1. The third kappa shape index (κ3) is 7.79. The highest BCUT2D eigenvalue weighted by Crippen LogP contribution is 2.47. The fourth-order valence-corrected chi connectivity index (χ4v) is 5.96. The van der Waals surface area contributed by atoms with Crippen LogP contribution in [-0.2, 0) is 32.9 Å². The number of fused-ring (bicyclic) bond motifs is 1. The third-order valence-electron chi connectivity index (χ3n) is 6.40. The summed E-state index contributed by atoms with van der Waals surface area (Å²) < 4.78 is 49.9. The molecule has 0 bridgehead atoms. The van der Waals surface area contributed by atoms with E-state index < -0.39 is 50.1 Å². The van der Waals surface area contributed by atoms with Crippen molar-refractivity contribution in [3.8, 4) is 11.6 Å². The van der Waals surface area contributed by atoms with Gasteiger partial charge < -0.3 is 29.2 Å². The number of esters is 2. The van der Waals surface area contributed by atoms with E-state index in [1.54, 1.807) is 62.6 Å². The van der Waals surface area contributed by atoms with E-state index in [9.17, 15) is 14.2 Å². The molecule has 3 heterocycles. The van der Waals surface area contributed by atoms with Gasteiger partial charge in [-0.25, -0.2) is 9.55 Å². The van der Waals surface area contributed by atoms with Crippen LogP contribution in [0.1, 0.15) is 47.8 Å². The number of nitrogens with zero attached hydrogens (tertiary/aromatic N) is 4. The molecule has 2 aromatic heterocycles. The van der Waals surface area contributed by atoms with Crippen molar-refractivity contribution in [3.63, 3.8) is 0 Å². The zero-order valence-electron chi connectivity index (χ0n) is 24.8. The fraction of sp³-hybridized carbons (Fsp3) is 0.519. The summed E-state index contributed by atoms with van der Waals surface area (Å²) in [6, 6.07) is 7.36. The van der Waals surface area contributed by atoms with Crippen LogP contribution in [0, 0.1) is 5.92 Å². The molecule has 0 unspecified atom stereocenters. The average molecular weight is 621 g/mol. The minimum Gasteiger partial charge on any atom is -0.476 e. The highest BCUT2D eigenvalue weighted by Gasteiger charge is 2.47. The lowest BCUT2D eigenvalue weighted by molar-refractivity contribution is -0.153. The Morgan fingerprint density at radius 1 is 1.19 bits per heavy atom. The summed E-state index contributed by atoms with van der Waals surface area (Å²) >= 11 is 0. The Kier molecular flexibility index (Phi) is 10.2. The van der Waals surface area contributed by atoms with E-state index in [-0.39, 0.29) is 30.3 Å². The van der Waals surface area contributed by atoms with Crippen LogP contribution in [0.2, 0.25) is 0 Å². The van der Waals surface area contributed by atoms with Gasteiger partial charge in [-0.2, -0.15) is 15.1 Å². The van der Waals surface area contributed by atoms with Crippen LogP contribution < -0.4 is 20.1 Å². The Labute approximate surface area is 248 Å². The van der Waals surface area contributed by atoms with Crippen molar-refractivity contribution in [2.75, 3.05) is 18.9 Å². The Morgan fingerprint density at radius 3 is 2.56 bits per heavy atom. The van der Waals surface area contributed by atoms with Gasteiger partial charge in [-0.05, 0) is 39.8 Å². The molecule has 3 N–H and O–H groups in total. The summed E-state index contributed by atoms with van der Waals surface area (Å²) in [7, 11) is -4.17. The molecule has 234 valence electrons. The van der Waals surface area contributed by atoms with Crippen LogP contribution in [0.3, 0.4) is 0 Å². The molecule has 0 amide bonds. The average Bonchev–Trinajstić information content (AvgIpc) is 3.48. The van der Waals surface area contributed by atoms with Gasteiger partial charge in [0.1, 0.15) is 11.8 Å². The maximum atomic E-state index is 14.0. The van der Waals surface area contributed by atoms with Gasteiger partial charge in [0, 0.05) is 12.8 Å². The topological polar surface area (TPSA) is 188 Å². The molecule has 1 aliphatic rings. The molecule has 0 aliphatic carbocycles. The number of carbonyl (C=O) groups excluding carboxylic acids is 2. The van der Waals surface area contributed by atoms with E-state index in [0.29, 0.717) is 17.8 Å². The molecular weight excluding hydrogens is 583 g/mol. The number of aromatic nitrogens is 4. The van der Waals surface area contributed by atoms with E-state index >= 15 is 0 Å². The number of nitrogens with two attached hydrogens (primary N) is 1. The summed E-state index contributed by atoms with van der Waals surface area (Å²) in [5.41, 5.74) is 6.58. The standard InChI is InChI=1S/C27H37N6O9P/c1-7-37-24-21-23(30-27(28)31-24)33(14-29-21)25-22(40-18(6)34)16(4)20(41-25)13-38-43(36,42-19-11-9-8-10-12-19)32-17(5)26(35)39-15(2)3/h8-12,14-17,20,22,25H,7,13H2,1-6H3,(H,32,36)(H2,28,30,31)/t16-,17-,20-,22-,25-,43-/m1/s1. The Morgan fingerprint density at radius 2 is 1.91 bits per heavy atom. The maximum absolute atomic E-state index is 14.0. The molecule has 15 nitrogen and oxygen atoms in total. The largest absolute Gasteiger partial charge is 0.476 e. The van der Waals surface area contributed by atoms with Crippen LogP contribution in [0.4, 0.5) is 5.95 Å². The first kappa shape index (κ1) is 32.1. The van der Waals surface area contributed by atoms with Crippen molar-refractivity contribution in [2.24, 2.45) is 5.92 Å². The molecule has 0 radical (unpaired) electrons. The number of hydrogen-bond acceptors (Lipinski definition) is 13. The van der Waals surface area contributed by atoms with Crippen LogP contribution in [0.5, 0.6) is 11.6 Å². The van der Waals surface area contributed by atoms with E-state index in [1.165, 1.54) is 20.2 Å². The minimum absolute atomic E-state index is 0.0390. The molecule has 0 saturated carbocycles. The SMILES string of the molecule is CCOc1nc(N)nc2c1ncn2[C@@H]1O[C@H](CO[P@](=O)(N[C@H](C)C(=O)OC(C)C)Oc2ccccc2)[C@@H](C)[C@H]1OC(C)=O. The number of rotatable bonds is 13. The molecule has 1 fully saturated rings. The molecular formula is C27H37N6O9P. The van der Waals surface area contributed by atoms with Gasteiger partial charge in [0.25, 0.3) is 0 Å². The van der Waals surface area contributed by atoms with E-state index in [1.807, 2.05) is 0 Å². The van der Waals surface area contributed by atoms with Crippen LogP contribution in [0.15, 0.2) is 36.7 Å². The summed E-state index contributed by atoms with van der Waals surface area (Å²) in [4.78, 5) is 37.4. The highest BCUT2D eigenvalue weighted by atomic mass is 31.2. The first-order chi connectivity index (χ1) is 20.4. The molecule has 6 atom stereocenters. The molecule has 43 heavy (non-hydrogen) atoms. The molecule has 1 aliphatic heterocycles. The zero-order valence-corrected chi connectivity index (χ0v) is 25.7. The molecule has 1 aromatic carbocycles. The lowest BCUT2D eigenvalue weighted by Crippen LogP contribution is -2.37. The molecule has 1 saturated heterocycles. The van der Waals surface area contributed by atoms with Crippen molar-refractivity contribution >= 4 is 36.8 Å². The Hall–Kier alpha value is -3.78. The lowest BCUT2D eigenvalue weighted by atomic mass is 10.0. The first-order valence-corrected chi connectivity index (χ1v) is 15.4. The number of carbonyl (C=O) groups is 2. The monoisotopic (exact) mass is 620 g/mol. The summed E-state index contributed by atoms with van der Waals surface area (Å²) in [6.45, 7) is 9.86. The fourth-order valence-electron chi connectivity index (χ4n) is 4.46. The number of imidazole rings is 1. The Bertz CT molecular complexity index is 1470. The van der Waals surface area contributed by atoms with Gasteiger partial charge in [-0.15, -0.1) is 0 Å². The third-order valence-corrected chi connectivity index (χ3v) is 8.04. The second-order valence-electron chi connectivity index (χ2n) is 10.2. The van der Waals surface area contributed by atoms with Gasteiger partial charge in [0.05, 0.1) is 31.7 Å². The van der Waals surface area contributed by atoms with Gasteiger partial charge >= 0.3 is 19.7 Å². The summed E-state index contributed by atoms with van der Waals surface area (Å²) in [5.74, 6) is -1.19. The predicted octanol–water partition coefficient (Wildman–Crippen LogP) is 3.41. The lowest BCUT2D eigenvalue weighted by Gasteiger charge is -2.25. The zero-order chi connectivity index (χ0) is 31.3. The maximum Gasteiger partial charge on any atom is 0.459 e. The van der Waals surface area contributed by atoms with E-state index in [4.69, 9.17) is 33.7 Å². The predicted molar refractivity (Wildman–Crippen MR) is 154 cm³/mol. The van der Waals surface area contributed by atoms with Crippen LogP contribution >= 0.6 is 7.75 Å². The van der Waals surface area contributed by atoms with Crippen molar-refractivity contribution < 1.29 is 42.1 Å². The van der Waals surface area contributed by atoms with Crippen LogP contribution in [0.25, 0.3) is 11.2 Å². The molecule has 0 spiro atoms. The van der Waals surface area contributed by atoms with Gasteiger partial charge in [0.2, 0.25) is 11.8 Å². The number of para-hydroxylation sites is 1. The quantitative estimate of drug-likeness (QED) is 0.209. The second kappa shape index (κ2) is 13.7. The number of benzene rings is 1. The van der Waals surface area contributed by atoms with Gasteiger partial charge in [0.15, 0.2) is 23.5 Å². The highest BCUT2D eigenvalue weighted by molar-refractivity contribution is 7.52. The van der Waals surface area contributed by atoms with Crippen molar-refractivity contribution in [2.45, 2.75) is 72.1 Å². The van der Waals surface area contributed by atoms with Gasteiger partial charge in [-0.1, -0.05) is 25.1 Å². The molecule has 3 aromatic rings. The number of ether oxygens (including phenoxy) is 4. The molecule has 16 heteroatoms. The number of anilines is 1. The van der Waals surface area contributed by atoms with E-state index in [2.05, 4.69) is 20.0 Å². The minimum atomic E-state index is -4.17. The normalized spacial score (nSPS) is 22.2.